The minimum Gasteiger partial charge on any atom is -0.506 e. The van der Waals surface area contributed by atoms with Gasteiger partial charge in [0.15, 0.2) is 5.78 Å². The van der Waals surface area contributed by atoms with Crippen LogP contribution in [0.3, 0.4) is 0 Å². The maximum Gasteiger partial charge on any atom is 0.573 e. The van der Waals surface area contributed by atoms with Crippen LogP contribution in [0.15, 0.2) is 36.4 Å². The normalized spacial score (nSPS) is 11.1. The van der Waals surface area contributed by atoms with Gasteiger partial charge >= 0.3 is 6.36 Å². The summed E-state index contributed by atoms with van der Waals surface area (Å²) < 4.78 is 40.1. The molecule has 26 heavy (non-hydrogen) atoms. The molecule has 1 amide bonds. The molecule has 0 spiro atoms. The van der Waals surface area contributed by atoms with Gasteiger partial charge in [-0.3, -0.25) is 9.59 Å². The molecule has 0 bridgehead atoms. The Hall–Kier alpha value is -2.74. The van der Waals surface area contributed by atoms with Crippen LogP contribution in [0.5, 0.6) is 11.5 Å². The van der Waals surface area contributed by atoms with Crippen molar-refractivity contribution in [3.05, 3.63) is 52.5 Å². The third kappa shape index (κ3) is 4.89. The Labute approximate surface area is 151 Å². The standard InChI is InChI=1S/C17H13ClF3NO4/c1-2-14(23)12-7-9(18)8-13(15(12)24)16(25)22-10-3-5-11(6-4-10)26-17(19,20)21/h3-8,24H,2H2,1H3,(H,22,25). The Morgan fingerprint density at radius 3 is 2.27 bits per heavy atom. The second-order valence-corrected chi connectivity index (χ2v) is 5.59. The maximum absolute atomic E-state index is 12.3. The molecule has 0 aromatic heterocycles. The van der Waals surface area contributed by atoms with Gasteiger partial charge in [-0.05, 0) is 36.4 Å². The molecule has 0 atom stereocenters. The minimum absolute atomic E-state index is 0.0821. The highest BCUT2D eigenvalue weighted by Gasteiger charge is 2.31. The van der Waals surface area contributed by atoms with E-state index in [4.69, 9.17) is 11.6 Å². The van der Waals surface area contributed by atoms with Crippen LogP contribution in [0.1, 0.15) is 34.1 Å². The highest BCUT2D eigenvalue weighted by atomic mass is 35.5. The molecule has 0 fully saturated rings. The zero-order valence-electron chi connectivity index (χ0n) is 13.4. The van der Waals surface area contributed by atoms with Gasteiger partial charge in [-0.25, -0.2) is 0 Å². The van der Waals surface area contributed by atoms with Gasteiger partial charge in [0.25, 0.3) is 5.91 Å². The van der Waals surface area contributed by atoms with E-state index in [9.17, 15) is 27.9 Å². The summed E-state index contributed by atoms with van der Waals surface area (Å²) in [5.74, 6) is -2.14. The SMILES string of the molecule is CCC(=O)c1cc(Cl)cc(C(=O)Nc2ccc(OC(F)(F)F)cc2)c1O. The van der Waals surface area contributed by atoms with E-state index in [0.29, 0.717) is 0 Å². The summed E-state index contributed by atoms with van der Waals surface area (Å²) in [7, 11) is 0. The molecule has 2 rings (SSSR count). The fraction of sp³-hybridized carbons (Fsp3) is 0.176. The summed E-state index contributed by atoms with van der Waals surface area (Å²) >= 11 is 5.89. The lowest BCUT2D eigenvalue weighted by molar-refractivity contribution is -0.274. The van der Waals surface area contributed by atoms with Gasteiger partial charge in [-0.1, -0.05) is 18.5 Å². The Morgan fingerprint density at radius 2 is 1.73 bits per heavy atom. The van der Waals surface area contributed by atoms with Crippen molar-refractivity contribution in [1.29, 1.82) is 0 Å². The van der Waals surface area contributed by atoms with Gasteiger partial charge in [-0.2, -0.15) is 0 Å². The number of hydrogen-bond donors (Lipinski definition) is 2. The number of aromatic hydroxyl groups is 1. The molecule has 2 N–H and O–H groups in total. The lowest BCUT2D eigenvalue weighted by Crippen LogP contribution is -2.17. The van der Waals surface area contributed by atoms with E-state index in [1.807, 2.05) is 0 Å². The number of Topliss-reactive ketones (excluding diaryl/α,β-unsaturated/α-hetero) is 1. The Bertz CT molecular complexity index is 835. The number of benzene rings is 2. The lowest BCUT2D eigenvalue weighted by Gasteiger charge is -2.12. The Morgan fingerprint density at radius 1 is 1.15 bits per heavy atom. The van der Waals surface area contributed by atoms with E-state index in [1.54, 1.807) is 6.92 Å². The maximum atomic E-state index is 12.3. The molecule has 2 aromatic rings. The number of alkyl halides is 3. The zero-order chi connectivity index (χ0) is 19.5. The Kier molecular flexibility index (Phi) is 5.76. The summed E-state index contributed by atoms with van der Waals surface area (Å²) in [5, 5.41) is 12.6. The van der Waals surface area contributed by atoms with Gasteiger partial charge in [0.1, 0.15) is 11.5 Å². The molecular formula is C17H13ClF3NO4. The molecule has 2 aromatic carbocycles. The van der Waals surface area contributed by atoms with Crippen molar-refractivity contribution in [3.63, 3.8) is 0 Å². The highest BCUT2D eigenvalue weighted by Crippen LogP contribution is 2.29. The number of halogens is 4. The minimum atomic E-state index is -4.82. The van der Waals surface area contributed by atoms with Crippen LogP contribution in [0.2, 0.25) is 5.02 Å². The average molecular weight is 388 g/mol. The van der Waals surface area contributed by atoms with Gasteiger partial charge in [-0.15, -0.1) is 13.2 Å². The molecule has 0 aliphatic heterocycles. The van der Waals surface area contributed by atoms with Crippen LogP contribution >= 0.6 is 11.6 Å². The predicted molar refractivity (Wildman–Crippen MR) is 88.8 cm³/mol. The fourth-order valence-electron chi connectivity index (χ4n) is 2.11. The smallest absolute Gasteiger partial charge is 0.506 e. The van der Waals surface area contributed by atoms with Gasteiger partial charge in [0.2, 0.25) is 0 Å². The first-order valence-electron chi connectivity index (χ1n) is 7.33. The largest absolute Gasteiger partial charge is 0.573 e. The number of phenols is 1. The van der Waals surface area contributed by atoms with Crippen molar-refractivity contribution in [2.45, 2.75) is 19.7 Å². The summed E-state index contributed by atoms with van der Waals surface area (Å²) in [6, 6.07) is 6.86. The number of nitrogens with one attached hydrogen (secondary N) is 1. The Balaban J connectivity index is 2.22. The molecule has 9 heteroatoms. The van der Waals surface area contributed by atoms with E-state index < -0.39 is 29.6 Å². The molecule has 0 unspecified atom stereocenters. The number of carbonyl (C=O) groups is 2. The van der Waals surface area contributed by atoms with Gasteiger partial charge in [0.05, 0.1) is 11.1 Å². The number of rotatable bonds is 5. The number of anilines is 1. The summed E-state index contributed by atoms with van der Waals surface area (Å²) in [6.45, 7) is 1.59. The van der Waals surface area contributed by atoms with Gasteiger partial charge < -0.3 is 15.2 Å². The highest BCUT2D eigenvalue weighted by molar-refractivity contribution is 6.31. The van der Waals surface area contributed by atoms with Crippen LogP contribution in [-0.2, 0) is 0 Å². The molecule has 0 saturated carbocycles. The monoisotopic (exact) mass is 387 g/mol. The van der Waals surface area contributed by atoms with Crippen molar-refractivity contribution in [2.75, 3.05) is 5.32 Å². The predicted octanol–water partition coefficient (Wildman–Crippen LogP) is 4.79. The van der Waals surface area contributed by atoms with E-state index in [1.165, 1.54) is 24.3 Å². The van der Waals surface area contributed by atoms with Crippen molar-refractivity contribution in [1.82, 2.24) is 0 Å². The first-order chi connectivity index (χ1) is 12.1. The summed E-state index contributed by atoms with van der Waals surface area (Å²) in [5.41, 5.74) is -0.156. The van der Waals surface area contributed by atoms with Crippen LogP contribution in [0.4, 0.5) is 18.9 Å². The molecule has 0 radical (unpaired) electrons. The fourth-order valence-corrected chi connectivity index (χ4v) is 2.33. The lowest BCUT2D eigenvalue weighted by atomic mass is 10.0. The summed E-state index contributed by atoms with van der Waals surface area (Å²) in [6.07, 6.45) is -4.71. The van der Waals surface area contributed by atoms with Crippen LogP contribution in [-0.4, -0.2) is 23.2 Å². The number of hydrogen-bond acceptors (Lipinski definition) is 4. The molecule has 0 heterocycles. The number of phenolic OH excluding ortho intramolecular Hbond substituents is 1. The van der Waals surface area contributed by atoms with Crippen LogP contribution in [0, 0.1) is 0 Å². The second-order valence-electron chi connectivity index (χ2n) is 5.15. The molecule has 0 aliphatic rings. The molecule has 0 saturated heterocycles. The number of carbonyl (C=O) groups excluding carboxylic acids is 2. The van der Waals surface area contributed by atoms with Crippen molar-refractivity contribution >= 4 is 29.0 Å². The van der Waals surface area contributed by atoms with E-state index in [-0.39, 0.29) is 28.3 Å². The first kappa shape index (κ1) is 19.6. The average Bonchev–Trinajstić information content (AvgIpc) is 2.56. The topological polar surface area (TPSA) is 75.6 Å². The van der Waals surface area contributed by atoms with Crippen molar-refractivity contribution < 1.29 is 32.6 Å². The molecule has 138 valence electrons. The number of ketones is 1. The molecular weight excluding hydrogens is 375 g/mol. The van der Waals surface area contributed by atoms with Crippen LogP contribution < -0.4 is 10.1 Å². The third-order valence-electron chi connectivity index (χ3n) is 3.29. The molecule has 0 aliphatic carbocycles. The quantitative estimate of drug-likeness (QED) is 0.723. The van der Waals surface area contributed by atoms with Crippen molar-refractivity contribution in [2.24, 2.45) is 0 Å². The van der Waals surface area contributed by atoms with Crippen LogP contribution in [0.25, 0.3) is 0 Å². The number of amides is 1. The third-order valence-corrected chi connectivity index (χ3v) is 3.50. The van der Waals surface area contributed by atoms with Crippen molar-refractivity contribution in [3.8, 4) is 11.5 Å². The van der Waals surface area contributed by atoms with Gasteiger partial charge in [0, 0.05) is 17.1 Å². The first-order valence-corrected chi connectivity index (χ1v) is 7.71. The van der Waals surface area contributed by atoms with E-state index in [2.05, 4.69) is 10.1 Å². The van der Waals surface area contributed by atoms with E-state index >= 15 is 0 Å². The van der Waals surface area contributed by atoms with E-state index in [0.717, 1.165) is 12.1 Å². The molecule has 5 nitrogen and oxygen atoms in total. The summed E-state index contributed by atoms with van der Waals surface area (Å²) in [4.78, 5) is 24.1. The zero-order valence-corrected chi connectivity index (χ0v) is 14.1. The second kappa shape index (κ2) is 7.65. The number of ether oxygens (including phenoxy) is 1.